The molecule has 0 unspecified atom stereocenters. The Hall–Kier alpha value is -2.77. The Morgan fingerprint density at radius 3 is 2.90 bits per heavy atom. The van der Waals surface area contributed by atoms with Crippen molar-refractivity contribution in [3.05, 3.63) is 51.8 Å². The lowest BCUT2D eigenvalue weighted by Gasteiger charge is -2.01. The molecule has 0 aliphatic carbocycles. The van der Waals surface area contributed by atoms with E-state index in [4.69, 9.17) is 4.74 Å². The van der Waals surface area contributed by atoms with E-state index in [1.807, 2.05) is 0 Å². The van der Waals surface area contributed by atoms with Gasteiger partial charge in [0.15, 0.2) is 5.69 Å². The van der Waals surface area contributed by atoms with Crippen molar-refractivity contribution in [2.45, 2.75) is 13.5 Å². The maximum atomic E-state index is 11.4. The summed E-state index contributed by atoms with van der Waals surface area (Å²) in [5, 5.41) is 18.3. The van der Waals surface area contributed by atoms with Gasteiger partial charge in [0.05, 0.1) is 29.8 Å². The molecule has 8 nitrogen and oxygen atoms in total. The third-order valence-electron chi connectivity index (χ3n) is 2.54. The topological polar surface area (TPSA) is 100 Å². The van der Waals surface area contributed by atoms with Gasteiger partial charge < -0.3 is 4.74 Å². The quantitative estimate of drug-likeness (QED) is 0.465. The van der Waals surface area contributed by atoms with Crippen LogP contribution in [0.5, 0.6) is 0 Å². The number of nitro benzene ring substituents is 1. The van der Waals surface area contributed by atoms with Crippen molar-refractivity contribution in [3.63, 3.8) is 0 Å². The van der Waals surface area contributed by atoms with Crippen LogP contribution in [0.3, 0.4) is 0 Å². The molecule has 1 heterocycles. The number of rotatable bonds is 5. The molecule has 0 atom stereocenters. The van der Waals surface area contributed by atoms with Gasteiger partial charge in [-0.3, -0.25) is 10.1 Å². The Morgan fingerprint density at radius 2 is 2.20 bits per heavy atom. The van der Waals surface area contributed by atoms with Gasteiger partial charge in [-0.1, -0.05) is 23.4 Å². The molecular weight excluding hydrogens is 264 g/mol. The molecule has 1 aromatic heterocycles. The first-order chi connectivity index (χ1) is 9.61. The summed E-state index contributed by atoms with van der Waals surface area (Å²) in [6, 6.07) is 6.33. The fraction of sp³-hybridized carbons (Fsp3) is 0.250. The highest BCUT2D eigenvalue weighted by molar-refractivity contribution is 5.86. The largest absolute Gasteiger partial charge is 0.461 e. The second-order valence-corrected chi connectivity index (χ2v) is 3.91. The second kappa shape index (κ2) is 5.91. The summed E-state index contributed by atoms with van der Waals surface area (Å²) in [5.74, 6) is -0.568. The monoisotopic (exact) mass is 276 g/mol. The highest BCUT2D eigenvalue weighted by Crippen LogP contribution is 2.18. The van der Waals surface area contributed by atoms with E-state index in [2.05, 4.69) is 10.3 Å². The van der Waals surface area contributed by atoms with Gasteiger partial charge >= 0.3 is 5.97 Å². The average molecular weight is 276 g/mol. The summed E-state index contributed by atoms with van der Waals surface area (Å²) in [6.07, 6.45) is 1.40. The van der Waals surface area contributed by atoms with E-state index in [0.717, 1.165) is 0 Å². The number of ether oxygens (including phenoxy) is 1. The van der Waals surface area contributed by atoms with E-state index < -0.39 is 10.9 Å². The Bertz CT molecular complexity index is 638. The summed E-state index contributed by atoms with van der Waals surface area (Å²) < 4.78 is 6.15. The van der Waals surface area contributed by atoms with E-state index >= 15 is 0 Å². The lowest BCUT2D eigenvalue weighted by atomic mass is 10.2. The zero-order valence-electron chi connectivity index (χ0n) is 10.7. The van der Waals surface area contributed by atoms with Crippen LogP contribution >= 0.6 is 0 Å². The number of esters is 1. The Balaban J connectivity index is 2.19. The van der Waals surface area contributed by atoms with Crippen molar-refractivity contribution >= 4 is 11.7 Å². The molecule has 0 saturated heterocycles. The van der Waals surface area contributed by atoms with E-state index in [0.29, 0.717) is 5.56 Å². The summed E-state index contributed by atoms with van der Waals surface area (Å²) in [5.41, 5.74) is 0.559. The number of hydrogen-bond acceptors (Lipinski definition) is 6. The van der Waals surface area contributed by atoms with Gasteiger partial charge in [0, 0.05) is 6.07 Å². The number of nitrogens with zero attached hydrogens (tertiary/aromatic N) is 4. The van der Waals surface area contributed by atoms with Crippen LogP contribution in [0.4, 0.5) is 5.69 Å². The normalized spacial score (nSPS) is 10.2. The van der Waals surface area contributed by atoms with E-state index in [1.165, 1.54) is 16.9 Å². The van der Waals surface area contributed by atoms with Crippen molar-refractivity contribution in [1.29, 1.82) is 0 Å². The molecule has 0 N–H and O–H groups in total. The molecule has 0 aliphatic heterocycles. The molecule has 8 heteroatoms. The molecule has 0 amide bonds. The standard InChI is InChI=1S/C12H12N4O4/c1-2-20-12(17)10-8-15(14-13-10)7-9-5-3-4-6-11(9)16(18)19/h3-6,8H,2,7H2,1H3. The molecule has 104 valence electrons. The predicted molar refractivity (Wildman–Crippen MR) is 68.2 cm³/mol. The molecule has 0 bridgehead atoms. The number of aromatic nitrogens is 3. The maximum Gasteiger partial charge on any atom is 0.360 e. The van der Waals surface area contributed by atoms with Crippen LogP contribution in [-0.2, 0) is 11.3 Å². The van der Waals surface area contributed by atoms with Crippen LogP contribution < -0.4 is 0 Å². The van der Waals surface area contributed by atoms with Gasteiger partial charge in [0.1, 0.15) is 0 Å². The number of benzene rings is 1. The van der Waals surface area contributed by atoms with Gasteiger partial charge in [0.2, 0.25) is 0 Å². The fourth-order valence-electron chi connectivity index (χ4n) is 1.67. The highest BCUT2D eigenvalue weighted by Gasteiger charge is 2.15. The molecule has 0 spiro atoms. The van der Waals surface area contributed by atoms with Crippen LogP contribution in [0.15, 0.2) is 30.5 Å². The van der Waals surface area contributed by atoms with Gasteiger partial charge in [0.25, 0.3) is 5.69 Å². The van der Waals surface area contributed by atoms with Crippen LogP contribution in [0.1, 0.15) is 23.0 Å². The Morgan fingerprint density at radius 1 is 1.45 bits per heavy atom. The Labute approximate surface area is 114 Å². The second-order valence-electron chi connectivity index (χ2n) is 3.91. The van der Waals surface area contributed by atoms with E-state index in [1.54, 1.807) is 25.1 Å². The minimum Gasteiger partial charge on any atom is -0.461 e. The minimum atomic E-state index is -0.568. The first-order valence-electron chi connectivity index (χ1n) is 5.91. The molecule has 2 aromatic rings. The lowest BCUT2D eigenvalue weighted by Crippen LogP contribution is -2.05. The predicted octanol–water partition coefficient (Wildman–Crippen LogP) is 1.41. The third-order valence-corrected chi connectivity index (χ3v) is 2.54. The molecule has 2 rings (SSSR count). The minimum absolute atomic E-state index is 0.000634. The Kier molecular flexibility index (Phi) is 4.04. The van der Waals surface area contributed by atoms with Crippen molar-refractivity contribution in [2.24, 2.45) is 0 Å². The van der Waals surface area contributed by atoms with Crippen LogP contribution in [-0.4, -0.2) is 32.5 Å². The number of carbonyl (C=O) groups is 1. The lowest BCUT2D eigenvalue weighted by molar-refractivity contribution is -0.385. The first-order valence-corrected chi connectivity index (χ1v) is 5.91. The highest BCUT2D eigenvalue weighted by atomic mass is 16.6. The molecule has 20 heavy (non-hydrogen) atoms. The SMILES string of the molecule is CCOC(=O)c1cn(Cc2ccccc2[N+](=O)[O-])nn1. The van der Waals surface area contributed by atoms with E-state index in [9.17, 15) is 14.9 Å². The zero-order chi connectivity index (χ0) is 14.5. The van der Waals surface area contributed by atoms with Crippen molar-refractivity contribution in [1.82, 2.24) is 15.0 Å². The zero-order valence-corrected chi connectivity index (χ0v) is 10.7. The average Bonchev–Trinajstić information content (AvgIpc) is 2.88. The van der Waals surface area contributed by atoms with E-state index in [-0.39, 0.29) is 24.5 Å². The smallest absolute Gasteiger partial charge is 0.360 e. The fourth-order valence-corrected chi connectivity index (χ4v) is 1.67. The molecule has 0 saturated carbocycles. The van der Waals surface area contributed by atoms with Crippen molar-refractivity contribution < 1.29 is 14.5 Å². The molecule has 0 fully saturated rings. The molecular formula is C12H12N4O4. The van der Waals surface area contributed by atoms with Crippen molar-refractivity contribution in [3.8, 4) is 0 Å². The molecule has 0 aliphatic rings. The number of para-hydroxylation sites is 1. The summed E-state index contributed by atoms with van der Waals surface area (Å²) in [6.45, 7) is 2.09. The first kappa shape index (κ1) is 13.7. The number of nitro groups is 1. The third kappa shape index (κ3) is 2.97. The van der Waals surface area contributed by atoms with Crippen LogP contribution in [0.2, 0.25) is 0 Å². The van der Waals surface area contributed by atoms with Crippen LogP contribution in [0.25, 0.3) is 0 Å². The summed E-state index contributed by atoms with van der Waals surface area (Å²) in [7, 11) is 0. The van der Waals surface area contributed by atoms with Gasteiger partial charge in [-0.05, 0) is 6.92 Å². The maximum absolute atomic E-state index is 11.4. The van der Waals surface area contributed by atoms with Gasteiger partial charge in [-0.25, -0.2) is 9.48 Å². The van der Waals surface area contributed by atoms with Crippen molar-refractivity contribution in [2.75, 3.05) is 6.61 Å². The molecule has 0 radical (unpaired) electrons. The summed E-state index contributed by atoms with van der Waals surface area (Å²) >= 11 is 0. The van der Waals surface area contributed by atoms with Gasteiger partial charge in [-0.15, -0.1) is 5.10 Å². The number of carbonyl (C=O) groups excluding carboxylic acids is 1. The van der Waals surface area contributed by atoms with Gasteiger partial charge in [-0.2, -0.15) is 0 Å². The summed E-state index contributed by atoms with van der Waals surface area (Å²) in [4.78, 5) is 21.9. The molecule has 1 aromatic carbocycles. The van der Waals surface area contributed by atoms with Crippen LogP contribution in [0, 0.1) is 10.1 Å². The number of hydrogen-bond donors (Lipinski definition) is 0.